The molecule has 0 saturated heterocycles. The second-order valence-corrected chi connectivity index (χ2v) is 5.65. The predicted octanol–water partition coefficient (Wildman–Crippen LogP) is 4.59. The molecule has 1 heterocycles. The molecule has 0 bridgehead atoms. The summed E-state index contributed by atoms with van der Waals surface area (Å²) < 4.78 is 12.4. The number of aromatic nitrogens is 1. The van der Waals surface area contributed by atoms with Gasteiger partial charge in [-0.1, -0.05) is 0 Å². The molecule has 0 N–H and O–H groups in total. The molecule has 4 nitrogen and oxygen atoms in total. The number of methoxy groups -OCH3 is 1. The Bertz CT molecular complexity index is 696. The van der Waals surface area contributed by atoms with Crippen LogP contribution in [-0.2, 0) is 0 Å². The fourth-order valence-electron chi connectivity index (χ4n) is 1.60. The fourth-order valence-corrected chi connectivity index (χ4v) is 2.48. The van der Waals surface area contributed by atoms with Gasteiger partial charge in [0.1, 0.15) is 23.1 Å². The van der Waals surface area contributed by atoms with E-state index < -0.39 is 0 Å². The Balaban J connectivity index is 2.44. The lowest BCUT2D eigenvalue weighted by Crippen LogP contribution is -1.95. The first-order valence-corrected chi connectivity index (χ1v) is 7.22. The molecule has 20 heavy (non-hydrogen) atoms. The minimum absolute atomic E-state index is 0.283. The molecule has 0 aliphatic rings. The number of pyridine rings is 1. The molecular weight excluding hydrogens is 388 g/mol. The maximum Gasteiger partial charge on any atom is 0.237 e. The summed E-state index contributed by atoms with van der Waals surface area (Å²) in [5.41, 5.74) is 1.24. The number of hydrogen-bond donors (Lipinski definition) is 0. The molecule has 0 amide bonds. The van der Waals surface area contributed by atoms with Gasteiger partial charge in [0.25, 0.3) is 0 Å². The highest BCUT2D eigenvalue weighted by Crippen LogP contribution is 2.38. The number of benzene rings is 1. The Morgan fingerprint density at radius 1 is 1.20 bits per heavy atom. The van der Waals surface area contributed by atoms with Crippen LogP contribution < -0.4 is 9.47 Å². The number of nitrogens with zero attached hydrogens (tertiary/aromatic N) is 2. The Labute approximate surface area is 133 Å². The molecule has 0 aliphatic carbocycles. The third kappa shape index (κ3) is 2.94. The third-order valence-electron chi connectivity index (χ3n) is 2.65. The molecule has 2 rings (SSSR count). The smallest absolute Gasteiger partial charge is 0.237 e. The van der Waals surface area contributed by atoms with Crippen molar-refractivity contribution in [1.82, 2.24) is 4.98 Å². The quantitative estimate of drug-likeness (QED) is 0.760. The van der Waals surface area contributed by atoms with Crippen LogP contribution in [-0.4, -0.2) is 12.1 Å². The lowest BCUT2D eigenvalue weighted by atomic mass is 10.2. The van der Waals surface area contributed by atoms with E-state index in [0.29, 0.717) is 21.5 Å². The lowest BCUT2D eigenvalue weighted by Gasteiger charge is -2.11. The molecular formula is C14H10Br2N2O2. The van der Waals surface area contributed by atoms with Crippen LogP contribution in [0, 0.1) is 18.3 Å². The lowest BCUT2D eigenvalue weighted by molar-refractivity contribution is 0.408. The highest BCUT2D eigenvalue weighted by Gasteiger charge is 2.13. The zero-order chi connectivity index (χ0) is 14.7. The van der Waals surface area contributed by atoms with E-state index in [4.69, 9.17) is 9.47 Å². The van der Waals surface area contributed by atoms with Gasteiger partial charge in [0.05, 0.1) is 16.1 Å². The molecule has 0 atom stereocenters. The number of ether oxygens (including phenoxy) is 2. The van der Waals surface area contributed by atoms with Gasteiger partial charge in [0, 0.05) is 6.20 Å². The summed E-state index contributed by atoms with van der Waals surface area (Å²) in [7, 11) is 1.59. The largest absolute Gasteiger partial charge is 0.496 e. The summed E-state index contributed by atoms with van der Waals surface area (Å²) in [6.45, 7) is 1.84. The van der Waals surface area contributed by atoms with Gasteiger partial charge >= 0.3 is 0 Å². The van der Waals surface area contributed by atoms with Crippen LogP contribution in [0.15, 0.2) is 33.3 Å². The summed E-state index contributed by atoms with van der Waals surface area (Å²) in [5, 5.41) is 9.17. The average molecular weight is 398 g/mol. The van der Waals surface area contributed by atoms with Crippen molar-refractivity contribution in [3.8, 4) is 23.4 Å². The molecule has 0 unspecified atom stereocenters. The summed E-state index contributed by atoms with van der Waals surface area (Å²) >= 11 is 6.80. The second kappa shape index (κ2) is 6.25. The van der Waals surface area contributed by atoms with E-state index in [0.717, 1.165) is 10.0 Å². The van der Waals surface area contributed by atoms with Crippen molar-refractivity contribution in [3.63, 3.8) is 0 Å². The molecule has 1 aromatic heterocycles. The minimum atomic E-state index is 0.283. The van der Waals surface area contributed by atoms with E-state index in [1.165, 1.54) is 0 Å². The third-order valence-corrected chi connectivity index (χ3v) is 3.89. The molecule has 1 aromatic carbocycles. The van der Waals surface area contributed by atoms with Crippen molar-refractivity contribution in [2.45, 2.75) is 6.92 Å². The monoisotopic (exact) mass is 396 g/mol. The van der Waals surface area contributed by atoms with Gasteiger partial charge in [-0.3, -0.25) is 0 Å². The first-order valence-electron chi connectivity index (χ1n) is 5.63. The van der Waals surface area contributed by atoms with Crippen LogP contribution in [0.25, 0.3) is 0 Å². The van der Waals surface area contributed by atoms with Gasteiger partial charge in [-0.05, 0) is 62.5 Å². The van der Waals surface area contributed by atoms with Crippen molar-refractivity contribution >= 4 is 31.9 Å². The van der Waals surface area contributed by atoms with E-state index >= 15 is 0 Å². The zero-order valence-corrected chi connectivity index (χ0v) is 13.9. The Hall–Kier alpha value is -1.58. The minimum Gasteiger partial charge on any atom is -0.496 e. The SMILES string of the molecule is COc1cc(Br)c(Oc2nccc(C)c2C#N)cc1Br. The van der Waals surface area contributed by atoms with Crippen LogP contribution in [0.1, 0.15) is 11.1 Å². The van der Waals surface area contributed by atoms with Crippen molar-refractivity contribution < 1.29 is 9.47 Å². The predicted molar refractivity (Wildman–Crippen MR) is 82.2 cm³/mol. The number of halogens is 2. The average Bonchev–Trinajstić information content (AvgIpc) is 2.42. The molecule has 0 saturated carbocycles. The van der Waals surface area contributed by atoms with Crippen LogP contribution >= 0.6 is 31.9 Å². The molecule has 0 spiro atoms. The number of hydrogen-bond acceptors (Lipinski definition) is 4. The number of aryl methyl sites for hydroxylation is 1. The zero-order valence-electron chi connectivity index (χ0n) is 10.8. The Kier molecular flexibility index (Phi) is 4.63. The molecule has 0 fully saturated rings. The van der Waals surface area contributed by atoms with Crippen LogP contribution in [0.3, 0.4) is 0 Å². The van der Waals surface area contributed by atoms with E-state index in [1.54, 1.807) is 31.5 Å². The van der Waals surface area contributed by atoms with Gasteiger partial charge in [-0.15, -0.1) is 0 Å². The normalized spacial score (nSPS) is 9.95. The van der Waals surface area contributed by atoms with Gasteiger partial charge in [-0.25, -0.2) is 4.98 Å². The second-order valence-electron chi connectivity index (χ2n) is 3.94. The highest BCUT2D eigenvalue weighted by atomic mass is 79.9. The first kappa shape index (κ1) is 14.8. The van der Waals surface area contributed by atoms with Gasteiger partial charge in [0.2, 0.25) is 5.88 Å². The molecule has 6 heteroatoms. The summed E-state index contributed by atoms with van der Waals surface area (Å²) in [5.74, 6) is 1.51. The van der Waals surface area contributed by atoms with Crippen molar-refractivity contribution in [3.05, 3.63) is 44.5 Å². The van der Waals surface area contributed by atoms with Crippen molar-refractivity contribution in [2.24, 2.45) is 0 Å². The molecule has 0 aliphatic heterocycles. The van der Waals surface area contributed by atoms with Crippen molar-refractivity contribution in [1.29, 1.82) is 5.26 Å². The standard InChI is InChI=1S/C14H10Br2N2O2/c1-8-3-4-18-14(9(8)7-17)20-13-6-10(15)12(19-2)5-11(13)16/h3-6H,1-2H3. The summed E-state index contributed by atoms with van der Waals surface area (Å²) in [6.07, 6.45) is 1.61. The van der Waals surface area contributed by atoms with E-state index in [1.807, 2.05) is 6.92 Å². The molecule has 102 valence electrons. The summed E-state index contributed by atoms with van der Waals surface area (Å²) in [4.78, 5) is 4.11. The van der Waals surface area contributed by atoms with E-state index in [2.05, 4.69) is 42.9 Å². The number of nitriles is 1. The van der Waals surface area contributed by atoms with Gasteiger partial charge in [0.15, 0.2) is 0 Å². The molecule has 2 aromatic rings. The van der Waals surface area contributed by atoms with Crippen molar-refractivity contribution in [2.75, 3.05) is 7.11 Å². The van der Waals surface area contributed by atoms with Gasteiger partial charge < -0.3 is 9.47 Å². The van der Waals surface area contributed by atoms with E-state index in [-0.39, 0.29) is 5.88 Å². The Morgan fingerprint density at radius 3 is 2.50 bits per heavy atom. The maximum atomic E-state index is 9.17. The van der Waals surface area contributed by atoms with E-state index in [9.17, 15) is 5.26 Å². The van der Waals surface area contributed by atoms with Crippen LogP contribution in [0.4, 0.5) is 0 Å². The fraction of sp³-hybridized carbons (Fsp3) is 0.143. The van der Waals surface area contributed by atoms with Crippen LogP contribution in [0.2, 0.25) is 0 Å². The number of rotatable bonds is 3. The Morgan fingerprint density at radius 2 is 1.85 bits per heavy atom. The first-order chi connectivity index (χ1) is 9.56. The molecule has 0 radical (unpaired) electrons. The maximum absolute atomic E-state index is 9.17. The summed E-state index contributed by atoms with van der Waals surface area (Å²) in [6, 6.07) is 7.41. The van der Waals surface area contributed by atoms with Crippen LogP contribution in [0.5, 0.6) is 17.4 Å². The highest BCUT2D eigenvalue weighted by molar-refractivity contribution is 9.11. The topological polar surface area (TPSA) is 55.1 Å². The van der Waals surface area contributed by atoms with Gasteiger partial charge in [-0.2, -0.15) is 5.26 Å².